The first-order chi connectivity index (χ1) is 5.34. The van der Waals surface area contributed by atoms with Gasteiger partial charge in [0, 0.05) is 5.33 Å². The molecule has 0 aromatic carbocycles. The summed E-state index contributed by atoms with van der Waals surface area (Å²) in [6.45, 7) is 0.994. The number of nitrogens with zero attached hydrogens (tertiary/aromatic N) is 1. The largest absolute Gasteiger partial charge is 0.249 e. The van der Waals surface area contributed by atoms with E-state index in [-0.39, 0.29) is 0 Å². The molecule has 11 heavy (non-hydrogen) atoms. The van der Waals surface area contributed by atoms with Crippen molar-refractivity contribution < 1.29 is 4.57 Å². The monoisotopic (exact) mass is 237 g/mol. The molecule has 0 aliphatic heterocycles. The molecule has 1 N–H and O–H groups in total. The van der Waals surface area contributed by atoms with Crippen molar-refractivity contribution >= 4 is 27.5 Å². The average Bonchev–Trinajstić information content (AvgIpc) is 2.37. The van der Waals surface area contributed by atoms with E-state index in [1.54, 1.807) is 6.20 Å². The first-order valence-corrected chi connectivity index (χ1v) is 5.12. The summed E-state index contributed by atoms with van der Waals surface area (Å²) in [6, 6.07) is 0. The smallest absolute Gasteiger partial charge is 0.242 e. The third kappa shape index (κ3) is 2.83. The van der Waals surface area contributed by atoms with Crippen LogP contribution in [0.5, 0.6) is 0 Å². The van der Waals surface area contributed by atoms with Gasteiger partial charge in [0.05, 0.1) is 6.54 Å². The molecular formula is C7H11BrClN2+. The Bertz CT molecular complexity index is 212. The van der Waals surface area contributed by atoms with Gasteiger partial charge in [-0.25, -0.2) is 9.55 Å². The van der Waals surface area contributed by atoms with Gasteiger partial charge in [0.1, 0.15) is 6.20 Å². The molecule has 0 aliphatic rings. The van der Waals surface area contributed by atoms with Crippen LogP contribution in [-0.4, -0.2) is 10.3 Å². The van der Waals surface area contributed by atoms with Crippen LogP contribution in [0.4, 0.5) is 0 Å². The van der Waals surface area contributed by atoms with E-state index < -0.39 is 0 Å². The summed E-state index contributed by atoms with van der Waals surface area (Å²) in [6.07, 6.45) is 6.02. The highest BCUT2D eigenvalue weighted by molar-refractivity contribution is 9.09. The number of hydrogen-bond donors (Lipinski definition) is 1. The van der Waals surface area contributed by atoms with Crippen LogP contribution < -0.4 is 4.57 Å². The lowest BCUT2D eigenvalue weighted by atomic mass is 10.3. The quantitative estimate of drug-likeness (QED) is 0.471. The van der Waals surface area contributed by atoms with Crippen molar-refractivity contribution in [2.75, 3.05) is 5.33 Å². The zero-order chi connectivity index (χ0) is 8.10. The van der Waals surface area contributed by atoms with E-state index in [0.717, 1.165) is 23.4 Å². The molecule has 1 aromatic rings. The minimum Gasteiger partial charge on any atom is -0.249 e. The molecule has 62 valence electrons. The van der Waals surface area contributed by atoms with Gasteiger partial charge in [0.25, 0.3) is 0 Å². The number of hydrogen-bond acceptors (Lipinski definition) is 0. The standard InChI is InChI=1S/C7H10BrClN2/c8-3-1-2-4-11-6-10-5-7(11)9/h5-6H,1-4H2/p+1. The van der Waals surface area contributed by atoms with E-state index in [9.17, 15) is 0 Å². The lowest BCUT2D eigenvalue weighted by molar-refractivity contribution is -0.693. The van der Waals surface area contributed by atoms with Gasteiger partial charge in [-0.05, 0) is 24.4 Å². The van der Waals surface area contributed by atoms with E-state index in [0.29, 0.717) is 0 Å². The SMILES string of the molecule is Clc1c[nH]c[n+]1CCCCBr. The van der Waals surface area contributed by atoms with Crippen molar-refractivity contribution in [3.05, 3.63) is 17.7 Å². The number of H-pyrrole nitrogens is 1. The van der Waals surface area contributed by atoms with Crippen LogP contribution in [0.25, 0.3) is 0 Å². The number of unbranched alkanes of at least 4 members (excludes halogenated alkanes) is 1. The van der Waals surface area contributed by atoms with Crippen LogP contribution in [0.15, 0.2) is 12.5 Å². The molecule has 0 unspecified atom stereocenters. The van der Waals surface area contributed by atoms with Crippen molar-refractivity contribution in [3.8, 4) is 0 Å². The molecule has 0 bridgehead atoms. The fourth-order valence-electron chi connectivity index (χ4n) is 0.889. The molecule has 0 atom stereocenters. The Hall–Kier alpha value is -0.0200. The Morgan fingerprint density at radius 1 is 1.55 bits per heavy atom. The predicted molar refractivity (Wildman–Crippen MR) is 49.0 cm³/mol. The minimum absolute atomic E-state index is 0.777. The number of rotatable bonds is 4. The van der Waals surface area contributed by atoms with Gasteiger partial charge in [-0.3, -0.25) is 0 Å². The summed E-state index contributed by atoms with van der Waals surface area (Å²) < 4.78 is 2.00. The molecule has 0 fully saturated rings. The van der Waals surface area contributed by atoms with E-state index in [1.165, 1.54) is 6.42 Å². The third-order valence-corrected chi connectivity index (χ3v) is 2.38. The first kappa shape index (κ1) is 9.07. The highest BCUT2D eigenvalue weighted by Gasteiger charge is 2.03. The van der Waals surface area contributed by atoms with E-state index in [1.807, 2.05) is 10.9 Å². The molecule has 0 saturated carbocycles. The summed E-state index contributed by atoms with van der Waals surface area (Å²) >= 11 is 9.22. The average molecular weight is 239 g/mol. The fourth-order valence-corrected chi connectivity index (χ4v) is 1.48. The molecule has 1 heterocycles. The van der Waals surface area contributed by atoms with Crippen LogP contribution in [0.1, 0.15) is 12.8 Å². The molecule has 2 nitrogen and oxygen atoms in total. The van der Waals surface area contributed by atoms with Gasteiger partial charge < -0.3 is 0 Å². The number of imidazole rings is 1. The number of alkyl halides is 1. The second-order valence-corrected chi connectivity index (χ2v) is 3.53. The van der Waals surface area contributed by atoms with Crippen molar-refractivity contribution in [1.29, 1.82) is 0 Å². The summed E-state index contributed by atoms with van der Waals surface area (Å²) in [5, 5.41) is 1.84. The molecule has 0 spiro atoms. The number of nitrogens with one attached hydrogen (secondary N) is 1. The molecule has 4 heteroatoms. The van der Waals surface area contributed by atoms with Crippen molar-refractivity contribution in [2.45, 2.75) is 19.4 Å². The molecule has 0 saturated heterocycles. The summed E-state index contributed by atoms with van der Waals surface area (Å²) in [4.78, 5) is 2.94. The van der Waals surface area contributed by atoms with Crippen LogP contribution in [0.2, 0.25) is 5.15 Å². The van der Waals surface area contributed by atoms with E-state index in [4.69, 9.17) is 11.6 Å². The van der Waals surface area contributed by atoms with Gasteiger partial charge in [-0.15, -0.1) is 0 Å². The second kappa shape index (κ2) is 4.78. The van der Waals surface area contributed by atoms with Gasteiger partial charge in [-0.1, -0.05) is 15.9 Å². The maximum atomic E-state index is 5.84. The van der Waals surface area contributed by atoms with Gasteiger partial charge >= 0.3 is 0 Å². The minimum atomic E-state index is 0.777. The van der Waals surface area contributed by atoms with Crippen molar-refractivity contribution in [3.63, 3.8) is 0 Å². The molecule has 0 aliphatic carbocycles. The summed E-state index contributed by atoms with van der Waals surface area (Å²) in [7, 11) is 0. The van der Waals surface area contributed by atoms with Gasteiger partial charge in [0.15, 0.2) is 0 Å². The molecule has 1 aromatic heterocycles. The topological polar surface area (TPSA) is 19.7 Å². The maximum absolute atomic E-state index is 5.84. The van der Waals surface area contributed by atoms with Crippen molar-refractivity contribution in [2.24, 2.45) is 0 Å². The summed E-state index contributed by atoms with van der Waals surface area (Å²) in [5.74, 6) is 0. The van der Waals surface area contributed by atoms with Crippen molar-refractivity contribution in [1.82, 2.24) is 4.98 Å². The predicted octanol–water partition coefficient (Wildman–Crippen LogP) is 2.13. The number of aryl methyl sites for hydroxylation is 1. The van der Waals surface area contributed by atoms with Crippen LogP contribution >= 0.6 is 27.5 Å². The fraction of sp³-hybridized carbons (Fsp3) is 0.571. The Morgan fingerprint density at radius 3 is 2.91 bits per heavy atom. The Morgan fingerprint density at radius 2 is 2.36 bits per heavy atom. The molecule has 1 rings (SSSR count). The normalized spacial score (nSPS) is 10.4. The van der Waals surface area contributed by atoms with Gasteiger partial charge in [-0.2, -0.15) is 0 Å². The Kier molecular flexibility index (Phi) is 3.94. The molecule has 0 amide bonds. The Labute approximate surface area is 79.7 Å². The first-order valence-electron chi connectivity index (χ1n) is 3.62. The lowest BCUT2D eigenvalue weighted by Gasteiger charge is -1.94. The highest BCUT2D eigenvalue weighted by atomic mass is 79.9. The molecular weight excluding hydrogens is 227 g/mol. The van der Waals surface area contributed by atoms with Crippen LogP contribution in [0, 0.1) is 0 Å². The maximum Gasteiger partial charge on any atom is 0.242 e. The number of halogens is 2. The lowest BCUT2D eigenvalue weighted by Crippen LogP contribution is -2.32. The van der Waals surface area contributed by atoms with E-state index in [2.05, 4.69) is 20.9 Å². The molecule has 0 radical (unpaired) electrons. The zero-order valence-electron chi connectivity index (χ0n) is 6.19. The number of aromatic amines is 1. The zero-order valence-corrected chi connectivity index (χ0v) is 8.53. The number of aromatic nitrogens is 2. The summed E-state index contributed by atoms with van der Waals surface area (Å²) in [5.41, 5.74) is 0. The highest BCUT2D eigenvalue weighted by Crippen LogP contribution is 1.99. The Balaban J connectivity index is 2.32. The van der Waals surface area contributed by atoms with Crippen LogP contribution in [-0.2, 0) is 6.54 Å². The van der Waals surface area contributed by atoms with E-state index >= 15 is 0 Å². The van der Waals surface area contributed by atoms with Crippen LogP contribution in [0.3, 0.4) is 0 Å². The third-order valence-electron chi connectivity index (χ3n) is 1.49. The van der Waals surface area contributed by atoms with Gasteiger partial charge in [0.2, 0.25) is 11.5 Å². The second-order valence-electron chi connectivity index (χ2n) is 2.35.